The lowest BCUT2D eigenvalue weighted by Crippen LogP contribution is -2.51. The van der Waals surface area contributed by atoms with Crippen LogP contribution in [0.4, 0.5) is 0 Å². The van der Waals surface area contributed by atoms with Gasteiger partial charge in [0.05, 0.1) is 6.61 Å². The predicted molar refractivity (Wildman–Crippen MR) is 78.2 cm³/mol. The Kier molecular flexibility index (Phi) is 6.11. The van der Waals surface area contributed by atoms with E-state index in [1.165, 1.54) is 38.5 Å². The molecule has 0 bridgehead atoms. The Morgan fingerprint density at radius 3 is 2.68 bits per heavy atom. The fourth-order valence-electron chi connectivity index (χ4n) is 4.07. The van der Waals surface area contributed by atoms with E-state index in [0.29, 0.717) is 5.92 Å². The van der Waals surface area contributed by atoms with Crippen LogP contribution in [0.15, 0.2) is 0 Å². The molecular weight excluding hydrogens is 238 g/mol. The predicted octanol–water partition coefficient (Wildman–Crippen LogP) is 2.72. The van der Waals surface area contributed by atoms with E-state index in [-0.39, 0.29) is 12.1 Å². The van der Waals surface area contributed by atoms with Crippen LogP contribution in [-0.4, -0.2) is 37.0 Å². The summed E-state index contributed by atoms with van der Waals surface area (Å²) in [6.45, 7) is 5.17. The number of aliphatic hydroxyl groups excluding tert-OH is 1. The van der Waals surface area contributed by atoms with Crippen LogP contribution in [0.2, 0.25) is 0 Å². The first kappa shape index (κ1) is 15.3. The van der Waals surface area contributed by atoms with Gasteiger partial charge in [0, 0.05) is 18.8 Å². The van der Waals surface area contributed by atoms with Gasteiger partial charge in [0.2, 0.25) is 0 Å². The quantitative estimate of drug-likeness (QED) is 0.666. The summed E-state index contributed by atoms with van der Waals surface area (Å²) in [5, 5.41) is 13.3. The minimum Gasteiger partial charge on any atom is -0.394 e. The minimum atomic E-state index is -0.0224. The largest absolute Gasteiger partial charge is 0.394 e. The lowest BCUT2D eigenvalue weighted by Gasteiger charge is -2.35. The molecule has 2 saturated carbocycles. The van der Waals surface area contributed by atoms with Crippen molar-refractivity contribution in [3.05, 3.63) is 0 Å². The molecule has 3 heteroatoms. The highest BCUT2D eigenvalue weighted by Crippen LogP contribution is 2.37. The van der Waals surface area contributed by atoms with Crippen LogP contribution in [0.1, 0.15) is 58.3 Å². The summed E-state index contributed by atoms with van der Waals surface area (Å²) in [5.74, 6) is 1.40. The van der Waals surface area contributed by atoms with Crippen molar-refractivity contribution in [3.8, 4) is 0 Å². The Morgan fingerprint density at radius 2 is 2.00 bits per heavy atom. The Morgan fingerprint density at radius 1 is 1.21 bits per heavy atom. The van der Waals surface area contributed by atoms with Crippen molar-refractivity contribution in [2.45, 2.75) is 63.8 Å². The maximum Gasteiger partial charge on any atom is 0.0616 e. The maximum absolute atomic E-state index is 9.74. The van der Waals surface area contributed by atoms with Crippen LogP contribution in [0.5, 0.6) is 0 Å². The number of ether oxygens (including phenoxy) is 1. The third kappa shape index (κ3) is 3.93. The first-order valence-corrected chi connectivity index (χ1v) is 8.24. The van der Waals surface area contributed by atoms with E-state index in [0.717, 1.165) is 38.5 Å². The second-order valence-electron chi connectivity index (χ2n) is 6.45. The summed E-state index contributed by atoms with van der Waals surface area (Å²) in [6.07, 6.45) is 10.2. The zero-order valence-corrected chi connectivity index (χ0v) is 12.5. The van der Waals surface area contributed by atoms with Crippen molar-refractivity contribution in [3.63, 3.8) is 0 Å². The summed E-state index contributed by atoms with van der Waals surface area (Å²) in [7, 11) is 0. The van der Waals surface area contributed by atoms with Crippen LogP contribution in [-0.2, 0) is 4.74 Å². The van der Waals surface area contributed by atoms with Crippen LogP contribution < -0.4 is 5.32 Å². The SMILES string of the molecule is CCNC1(CO)CCCC1CCOCC1CCCC1. The van der Waals surface area contributed by atoms with E-state index in [1.807, 2.05) is 0 Å². The number of hydrogen-bond acceptors (Lipinski definition) is 3. The molecule has 2 atom stereocenters. The van der Waals surface area contributed by atoms with Gasteiger partial charge in [0.25, 0.3) is 0 Å². The van der Waals surface area contributed by atoms with Gasteiger partial charge in [-0.25, -0.2) is 0 Å². The van der Waals surface area contributed by atoms with Gasteiger partial charge in [-0.2, -0.15) is 0 Å². The average Bonchev–Trinajstić information content (AvgIpc) is 3.05. The molecule has 0 aromatic carbocycles. The summed E-state index contributed by atoms with van der Waals surface area (Å²) in [5.41, 5.74) is -0.0224. The van der Waals surface area contributed by atoms with E-state index in [4.69, 9.17) is 4.74 Å². The molecule has 0 spiro atoms. The van der Waals surface area contributed by atoms with Gasteiger partial charge >= 0.3 is 0 Å². The first-order valence-electron chi connectivity index (χ1n) is 8.24. The van der Waals surface area contributed by atoms with Crippen LogP contribution >= 0.6 is 0 Å². The van der Waals surface area contributed by atoms with Crippen molar-refractivity contribution in [2.75, 3.05) is 26.4 Å². The van der Waals surface area contributed by atoms with Gasteiger partial charge in [0.15, 0.2) is 0 Å². The third-order valence-corrected chi connectivity index (χ3v) is 5.21. The van der Waals surface area contributed by atoms with Gasteiger partial charge in [0.1, 0.15) is 0 Å². The minimum absolute atomic E-state index is 0.0224. The lowest BCUT2D eigenvalue weighted by molar-refractivity contribution is 0.0648. The van der Waals surface area contributed by atoms with Crippen molar-refractivity contribution >= 4 is 0 Å². The molecule has 2 N–H and O–H groups in total. The molecular formula is C16H31NO2. The molecule has 0 aliphatic heterocycles. The normalized spacial score (nSPS) is 32.2. The standard InChI is InChI=1S/C16H31NO2/c1-2-17-16(13-18)10-5-8-15(16)9-11-19-12-14-6-3-4-7-14/h14-15,17-18H,2-13H2,1H3. The molecule has 0 heterocycles. The van der Waals surface area contributed by atoms with E-state index in [1.54, 1.807) is 0 Å². The molecule has 0 saturated heterocycles. The molecule has 0 radical (unpaired) electrons. The molecule has 0 aromatic heterocycles. The molecule has 112 valence electrons. The highest BCUT2D eigenvalue weighted by atomic mass is 16.5. The third-order valence-electron chi connectivity index (χ3n) is 5.21. The second kappa shape index (κ2) is 7.61. The van der Waals surface area contributed by atoms with Gasteiger partial charge in [-0.1, -0.05) is 26.2 Å². The first-order chi connectivity index (χ1) is 9.30. The van der Waals surface area contributed by atoms with E-state index < -0.39 is 0 Å². The summed E-state index contributed by atoms with van der Waals surface area (Å²) in [6, 6.07) is 0. The fourth-order valence-corrected chi connectivity index (χ4v) is 4.07. The molecule has 2 unspecified atom stereocenters. The second-order valence-corrected chi connectivity index (χ2v) is 6.45. The van der Waals surface area contributed by atoms with E-state index in [9.17, 15) is 5.11 Å². The summed E-state index contributed by atoms with van der Waals surface area (Å²) in [4.78, 5) is 0. The van der Waals surface area contributed by atoms with Crippen LogP contribution in [0, 0.1) is 11.8 Å². The molecule has 19 heavy (non-hydrogen) atoms. The average molecular weight is 269 g/mol. The van der Waals surface area contributed by atoms with E-state index >= 15 is 0 Å². The van der Waals surface area contributed by atoms with Crippen LogP contribution in [0.25, 0.3) is 0 Å². The van der Waals surface area contributed by atoms with Crippen molar-refractivity contribution in [2.24, 2.45) is 11.8 Å². The molecule has 2 fully saturated rings. The number of hydrogen-bond donors (Lipinski definition) is 2. The molecule has 0 amide bonds. The topological polar surface area (TPSA) is 41.5 Å². The lowest BCUT2D eigenvalue weighted by atomic mass is 9.85. The fraction of sp³-hybridized carbons (Fsp3) is 1.00. The molecule has 2 aliphatic carbocycles. The molecule has 0 aromatic rings. The highest BCUT2D eigenvalue weighted by Gasteiger charge is 2.41. The summed E-state index contributed by atoms with van der Waals surface area (Å²) >= 11 is 0. The number of aliphatic hydroxyl groups is 1. The maximum atomic E-state index is 9.74. The van der Waals surface area contributed by atoms with Crippen molar-refractivity contribution in [1.82, 2.24) is 5.32 Å². The van der Waals surface area contributed by atoms with Gasteiger partial charge < -0.3 is 15.2 Å². The van der Waals surface area contributed by atoms with E-state index in [2.05, 4.69) is 12.2 Å². The highest BCUT2D eigenvalue weighted by molar-refractivity contribution is 4.98. The van der Waals surface area contributed by atoms with Crippen molar-refractivity contribution < 1.29 is 9.84 Å². The Bertz CT molecular complexity index is 253. The van der Waals surface area contributed by atoms with Crippen LogP contribution in [0.3, 0.4) is 0 Å². The smallest absolute Gasteiger partial charge is 0.0616 e. The zero-order chi connectivity index (χ0) is 13.6. The number of nitrogens with one attached hydrogen (secondary N) is 1. The Balaban J connectivity index is 1.68. The number of likely N-dealkylation sites (N-methyl/N-ethyl adjacent to an activating group) is 1. The van der Waals surface area contributed by atoms with Crippen molar-refractivity contribution in [1.29, 1.82) is 0 Å². The molecule has 3 nitrogen and oxygen atoms in total. The Hall–Kier alpha value is -0.120. The number of rotatable bonds is 8. The molecule has 2 aliphatic rings. The van der Waals surface area contributed by atoms with Gasteiger partial charge in [-0.3, -0.25) is 0 Å². The zero-order valence-electron chi connectivity index (χ0n) is 12.5. The molecule has 2 rings (SSSR count). The van der Waals surface area contributed by atoms with Gasteiger partial charge in [-0.15, -0.1) is 0 Å². The van der Waals surface area contributed by atoms with Gasteiger partial charge in [-0.05, 0) is 50.5 Å². The monoisotopic (exact) mass is 269 g/mol. The summed E-state index contributed by atoms with van der Waals surface area (Å²) < 4.78 is 5.89. The Labute approximate surface area is 118 Å².